The van der Waals surface area contributed by atoms with Crippen LogP contribution < -0.4 is 10.6 Å². The van der Waals surface area contributed by atoms with Gasteiger partial charge in [-0.15, -0.1) is 0 Å². The van der Waals surface area contributed by atoms with Crippen LogP contribution in [-0.4, -0.2) is 25.0 Å². The van der Waals surface area contributed by atoms with Crippen LogP contribution in [0.15, 0.2) is 0 Å². The summed E-state index contributed by atoms with van der Waals surface area (Å²) in [5.41, 5.74) is 0. The lowest BCUT2D eigenvalue weighted by Crippen LogP contribution is -2.37. The molecular weight excluding hydrogens is 236 g/mol. The third-order valence-corrected chi connectivity index (χ3v) is 4.68. The van der Waals surface area contributed by atoms with Gasteiger partial charge in [-0.3, -0.25) is 4.79 Å². The van der Waals surface area contributed by atoms with Crippen molar-refractivity contribution < 1.29 is 4.79 Å². The van der Waals surface area contributed by atoms with E-state index in [0.29, 0.717) is 12.0 Å². The summed E-state index contributed by atoms with van der Waals surface area (Å²) in [4.78, 5) is 11.9. The summed E-state index contributed by atoms with van der Waals surface area (Å²) in [6.45, 7) is 2.00. The van der Waals surface area contributed by atoms with Crippen LogP contribution in [0.1, 0.15) is 70.6 Å². The fourth-order valence-electron chi connectivity index (χ4n) is 3.46. The first-order valence-electron chi connectivity index (χ1n) is 8.34. The molecule has 2 rings (SSSR count). The second kappa shape index (κ2) is 8.57. The molecule has 1 aliphatic heterocycles. The molecule has 1 saturated carbocycles. The molecule has 2 fully saturated rings. The van der Waals surface area contributed by atoms with Gasteiger partial charge >= 0.3 is 0 Å². The molecule has 3 heteroatoms. The Bertz CT molecular complexity index is 253. The molecule has 1 heterocycles. The van der Waals surface area contributed by atoms with Crippen LogP contribution in [0, 0.1) is 5.92 Å². The molecule has 0 aromatic carbocycles. The molecule has 3 nitrogen and oxygen atoms in total. The van der Waals surface area contributed by atoms with Crippen molar-refractivity contribution >= 4 is 5.91 Å². The molecule has 1 saturated heterocycles. The molecule has 1 amide bonds. The minimum Gasteiger partial charge on any atom is -0.356 e. The Morgan fingerprint density at radius 2 is 1.74 bits per heavy atom. The Kier molecular flexibility index (Phi) is 6.69. The monoisotopic (exact) mass is 266 g/mol. The van der Waals surface area contributed by atoms with E-state index in [2.05, 4.69) is 10.6 Å². The van der Waals surface area contributed by atoms with E-state index in [1.807, 2.05) is 0 Å². The van der Waals surface area contributed by atoms with Crippen LogP contribution in [0.3, 0.4) is 0 Å². The van der Waals surface area contributed by atoms with E-state index in [1.165, 1.54) is 57.8 Å². The second-order valence-electron chi connectivity index (χ2n) is 6.35. The number of hydrogen-bond donors (Lipinski definition) is 2. The summed E-state index contributed by atoms with van der Waals surface area (Å²) >= 11 is 0. The van der Waals surface area contributed by atoms with Crippen molar-refractivity contribution in [1.29, 1.82) is 0 Å². The second-order valence-corrected chi connectivity index (χ2v) is 6.35. The fourth-order valence-corrected chi connectivity index (χ4v) is 3.46. The molecule has 0 aromatic heterocycles. The maximum Gasteiger partial charge on any atom is 0.220 e. The van der Waals surface area contributed by atoms with Gasteiger partial charge in [-0.25, -0.2) is 0 Å². The maximum atomic E-state index is 11.9. The molecular formula is C16H30N2O. The lowest BCUT2D eigenvalue weighted by Gasteiger charge is -2.23. The Balaban J connectivity index is 1.55. The summed E-state index contributed by atoms with van der Waals surface area (Å²) in [6, 6.07) is 0.631. The van der Waals surface area contributed by atoms with E-state index in [0.717, 1.165) is 25.9 Å². The maximum absolute atomic E-state index is 11.9. The Labute approximate surface area is 117 Å². The Hall–Kier alpha value is -0.570. The number of amides is 1. The van der Waals surface area contributed by atoms with Crippen molar-refractivity contribution in [2.45, 2.75) is 76.7 Å². The van der Waals surface area contributed by atoms with Crippen LogP contribution in [0.2, 0.25) is 0 Å². The van der Waals surface area contributed by atoms with Crippen molar-refractivity contribution in [3.8, 4) is 0 Å². The van der Waals surface area contributed by atoms with Crippen LogP contribution in [0.5, 0.6) is 0 Å². The van der Waals surface area contributed by atoms with Gasteiger partial charge in [-0.1, -0.05) is 32.1 Å². The number of carbonyl (C=O) groups excluding carboxylic acids is 1. The van der Waals surface area contributed by atoms with Gasteiger partial charge in [0.25, 0.3) is 0 Å². The van der Waals surface area contributed by atoms with Gasteiger partial charge in [0.1, 0.15) is 0 Å². The normalized spacial score (nSPS) is 25.8. The molecule has 1 unspecified atom stereocenters. The Morgan fingerprint density at radius 1 is 1.00 bits per heavy atom. The zero-order valence-electron chi connectivity index (χ0n) is 12.3. The van der Waals surface area contributed by atoms with Crippen LogP contribution in [0.4, 0.5) is 0 Å². The predicted octanol–water partition coefficient (Wildman–Crippen LogP) is 3.00. The molecule has 1 aliphatic carbocycles. The molecule has 0 bridgehead atoms. The topological polar surface area (TPSA) is 41.1 Å². The number of hydrogen-bond acceptors (Lipinski definition) is 2. The average Bonchev–Trinajstić information content (AvgIpc) is 2.68. The van der Waals surface area contributed by atoms with E-state index in [1.54, 1.807) is 0 Å². The Morgan fingerprint density at radius 3 is 2.42 bits per heavy atom. The van der Waals surface area contributed by atoms with E-state index in [9.17, 15) is 4.79 Å². The quantitative estimate of drug-likeness (QED) is 0.751. The third kappa shape index (κ3) is 5.94. The summed E-state index contributed by atoms with van der Waals surface area (Å²) in [7, 11) is 0. The minimum atomic E-state index is 0.280. The highest BCUT2D eigenvalue weighted by atomic mass is 16.1. The zero-order chi connectivity index (χ0) is 13.3. The van der Waals surface area contributed by atoms with Crippen LogP contribution in [0.25, 0.3) is 0 Å². The molecule has 0 radical (unpaired) electrons. The van der Waals surface area contributed by atoms with Gasteiger partial charge in [0.15, 0.2) is 0 Å². The molecule has 110 valence electrons. The van der Waals surface area contributed by atoms with E-state index in [-0.39, 0.29) is 5.91 Å². The summed E-state index contributed by atoms with van der Waals surface area (Å²) < 4.78 is 0. The van der Waals surface area contributed by atoms with Crippen LogP contribution in [-0.2, 0) is 4.79 Å². The average molecular weight is 266 g/mol. The largest absolute Gasteiger partial charge is 0.356 e. The fraction of sp³-hybridized carbons (Fsp3) is 0.938. The molecule has 0 aromatic rings. The van der Waals surface area contributed by atoms with E-state index >= 15 is 0 Å². The number of rotatable bonds is 5. The molecule has 1 atom stereocenters. The first kappa shape index (κ1) is 14.8. The first-order chi connectivity index (χ1) is 9.34. The number of piperidine rings is 1. The van der Waals surface area contributed by atoms with Crippen molar-refractivity contribution in [2.24, 2.45) is 5.92 Å². The number of carbonyl (C=O) groups is 1. The zero-order valence-corrected chi connectivity index (χ0v) is 12.3. The van der Waals surface area contributed by atoms with Crippen molar-refractivity contribution in [3.05, 3.63) is 0 Å². The van der Waals surface area contributed by atoms with Gasteiger partial charge in [0.05, 0.1) is 0 Å². The van der Waals surface area contributed by atoms with E-state index in [4.69, 9.17) is 0 Å². The highest BCUT2D eigenvalue weighted by Crippen LogP contribution is 2.25. The summed E-state index contributed by atoms with van der Waals surface area (Å²) in [6.07, 6.45) is 13.7. The van der Waals surface area contributed by atoms with Gasteiger partial charge in [0.2, 0.25) is 5.91 Å². The molecule has 19 heavy (non-hydrogen) atoms. The van der Waals surface area contributed by atoms with Crippen molar-refractivity contribution in [3.63, 3.8) is 0 Å². The molecule has 0 spiro atoms. The van der Waals surface area contributed by atoms with Crippen LogP contribution >= 0.6 is 0 Å². The SMILES string of the molecule is O=C(CC1CCCCCC1)NCCC1CCCCN1. The molecule has 2 N–H and O–H groups in total. The summed E-state index contributed by atoms with van der Waals surface area (Å²) in [5, 5.41) is 6.65. The smallest absolute Gasteiger partial charge is 0.220 e. The van der Waals surface area contributed by atoms with Gasteiger partial charge < -0.3 is 10.6 Å². The predicted molar refractivity (Wildman–Crippen MR) is 79.1 cm³/mol. The van der Waals surface area contributed by atoms with E-state index < -0.39 is 0 Å². The highest BCUT2D eigenvalue weighted by molar-refractivity contribution is 5.76. The van der Waals surface area contributed by atoms with Gasteiger partial charge in [0, 0.05) is 19.0 Å². The molecule has 2 aliphatic rings. The lowest BCUT2D eigenvalue weighted by atomic mass is 9.96. The van der Waals surface area contributed by atoms with Crippen molar-refractivity contribution in [2.75, 3.05) is 13.1 Å². The number of nitrogens with one attached hydrogen (secondary N) is 2. The van der Waals surface area contributed by atoms with Gasteiger partial charge in [-0.05, 0) is 44.6 Å². The van der Waals surface area contributed by atoms with Crippen molar-refractivity contribution in [1.82, 2.24) is 10.6 Å². The first-order valence-corrected chi connectivity index (χ1v) is 8.34. The highest BCUT2D eigenvalue weighted by Gasteiger charge is 2.16. The van der Waals surface area contributed by atoms with Gasteiger partial charge in [-0.2, -0.15) is 0 Å². The third-order valence-electron chi connectivity index (χ3n) is 4.68. The standard InChI is InChI=1S/C16H30N2O/c19-16(13-14-7-3-1-2-4-8-14)18-12-10-15-9-5-6-11-17-15/h14-15,17H,1-13H2,(H,18,19). The minimum absolute atomic E-state index is 0.280. The lowest BCUT2D eigenvalue weighted by molar-refractivity contribution is -0.122. The summed E-state index contributed by atoms with van der Waals surface area (Å²) in [5.74, 6) is 0.929.